The third-order valence-corrected chi connectivity index (χ3v) is 3.82. The monoisotopic (exact) mass is 385 g/mol. The lowest BCUT2D eigenvalue weighted by atomic mass is 10.2. The predicted octanol–water partition coefficient (Wildman–Crippen LogP) is 4.15. The number of nitrogens with one attached hydrogen (secondary N) is 2. The molecule has 2 aromatic carbocycles. The highest BCUT2D eigenvalue weighted by Crippen LogP contribution is 2.24. The number of amides is 2. The molecule has 144 valence electrons. The molecule has 0 atom stereocenters. The van der Waals surface area contributed by atoms with Crippen LogP contribution in [0.2, 0.25) is 0 Å². The Morgan fingerprint density at radius 2 is 1.86 bits per heavy atom. The molecule has 0 saturated carbocycles. The summed E-state index contributed by atoms with van der Waals surface area (Å²) < 4.78 is 32.9. The van der Waals surface area contributed by atoms with Gasteiger partial charge in [0.1, 0.15) is 11.6 Å². The molecule has 0 fully saturated rings. The Balaban J connectivity index is 1.59. The van der Waals surface area contributed by atoms with Crippen molar-refractivity contribution in [3.05, 3.63) is 66.2 Å². The molecule has 0 saturated heterocycles. The number of hydrogen-bond donors (Lipinski definition) is 2. The molecular formula is C20H17F2N3O3. The molecule has 3 rings (SSSR count). The highest BCUT2D eigenvalue weighted by molar-refractivity contribution is 5.93. The Bertz CT molecular complexity index is 1020. The van der Waals surface area contributed by atoms with Crippen molar-refractivity contribution < 1.29 is 22.8 Å². The van der Waals surface area contributed by atoms with Gasteiger partial charge in [0, 0.05) is 25.5 Å². The van der Waals surface area contributed by atoms with Gasteiger partial charge in [0.05, 0.1) is 17.4 Å². The van der Waals surface area contributed by atoms with E-state index >= 15 is 0 Å². The molecule has 2 amide bonds. The molecule has 6 nitrogen and oxygen atoms in total. The lowest BCUT2D eigenvalue weighted by molar-refractivity contribution is -0.116. The van der Waals surface area contributed by atoms with Crippen molar-refractivity contribution in [2.45, 2.75) is 19.8 Å². The van der Waals surface area contributed by atoms with Crippen molar-refractivity contribution in [1.29, 1.82) is 0 Å². The van der Waals surface area contributed by atoms with Gasteiger partial charge in [-0.15, -0.1) is 0 Å². The fourth-order valence-corrected chi connectivity index (χ4v) is 2.54. The van der Waals surface area contributed by atoms with Gasteiger partial charge in [-0.3, -0.25) is 9.59 Å². The molecule has 0 spiro atoms. The number of carbonyl (C=O) groups excluding carboxylic acids is 2. The van der Waals surface area contributed by atoms with E-state index in [0.29, 0.717) is 17.1 Å². The lowest BCUT2D eigenvalue weighted by Gasteiger charge is -2.08. The summed E-state index contributed by atoms with van der Waals surface area (Å²) in [4.78, 5) is 27.3. The summed E-state index contributed by atoms with van der Waals surface area (Å²) in [7, 11) is 0. The fraction of sp³-hybridized carbons (Fsp3) is 0.150. The van der Waals surface area contributed by atoms with E-state index in [1.807, 2.05) is 0 Å². The normalized spacial score (nSPS) is 10.5. The minimum absolute atomic E-state index is 0.0208. The smallest absolute Gasteiger partial charge is 0.224 e. The first-order valence-electron chi connectivity index (χ1n) is 8.49. The maximum atomic E-state index is 13.8. The van der Waals surface area contributed by atoms with E-state index in [1.54, 1.807) is 18.2 Å². The summed E-state index contributed by atoms with van der Waals surface area (Å²) in [5, 5.41) is 4.96. The molecule has 28 heavy (non-hydrogen) atoms. The zero-order valence-corrected chi connectivity index (χ0v) is 15.0. The van der Waals surface area contributed by atoms with Crippen molar-refractivity contribution >= 4 is 23.2 Å². The SMILES string of the molecule is CC(=O)Nc1cc(NC(=O)CCc2ncc(-c3ccccc3F)o2)ccc1F. The largest absolute Gasteiger partial charge is 0.441 e. The molecule has 0 aliphatic carbocycles. The van der Waals surface area contributed by atoms with Gasteiger partial charge in [-0.25, -0.2) is 13.8 Å². The number of benzene rings is 2. The molecule has 0 unspecified atom stereocenters. The van der Waals surface area contributed by atoms with Gasteiger partial charge in [0.25, 0.3) is 0 Å². The van der Waals surface area contributed by atoms with E-state index in [-0.39, 0.29) is 30.2 Å². The van der Waals surface area contributed by atoms with Crippen LogP contribution in [0.4, 0.5) is 20.2 Å². The van der Waals surface area contributed by atoms with Gasteiger partial charge in [-0.2, -0.15) is 0 Å². The second kappa shape index (κ2) is 8.43. The van der Waals surface area contributed by atoms with Crippen molar-refractivity contribution in [1.82, 2.24) is 4.98 Å². The molecular weight excluding hydrogens is 368 g/mol. The van der Waals surface area contributed by atoms with Gasteiger partial charge in [0.2, 0.25) is 11.8 Å². The molecule has 8 heteroatoms. The number of anilines is 2. The molecule has 1 heterocycles. The van der Waals surface area contributed by atoms with E-state index in [9.17, 15) is 18.4 Å². The number of rotatable bonds is 6. The maximum absolute atomic E-state index is 13.8. The minimum atomic E-state index is -0.603. The summed E-state index contributed by atoms with van der Waals surface area (Å²) >= 11 is 0. The van der Waals surface area contributed by atoms with Crippen LogP contribution in [0.3, 0.4) is 0 Å². The highest BCUT2D eigenvalue weighted by Gasteiger charge is 2.12. The Kier molecular flexibility index (Phi) is 5.78. The maximum Gasteiger partial charge on any atom is 0.224 e. The van der Waals surface area contributed by atoms with Crippen LogP contribution in [0.25, 0.3) is 11.3 Å². The summed E-state index contributed by atoms with van der Waals surface area (Å²) in [5.74, 6) is -1.20. The fourth-order valence-electron chi connectivity index (χ4n) is 2.54. The van der Waals surface area contributed by atoms with Crippen molar-refractivity contribution in [2.24, 2.45) is 0 Å². The quantitative estimate of drug-likeness (QED) is 0.668. The Morgan fingerprint density at radius 1 is 1.07 bits per heavy atom. The predicted molar refractivity (Wildman–Crippen MR) is 99.6 cm³/mol. The standard InChI is InChI=1S/C20H17F2N3O3/c1-12(26)24-17-10-13(6-7-16(17)22)25-19(27)8-9-20-23-11-18(28-20)14-4-2-3-5-15(14)21/h2-7,10-11H,8-9H2,1H3,(H,24,26)(H,25,27). The average Bonchev–Trinajstić information content (AvgIpc) is 3.11. The number of aryl methyl sites for hydroxylation is 1. The lowest BCUT2D eigenvalue weighted by Crippen LogP contribution is -2.13. The third-order valence-electron chi connectivity index (χ3n) is 3.82. The Labute approximate surface area is 159 Å². The second-order valence-corrected chi connectivity index (χ2v) is 6.02. The third kappa shape index (κ3) is 4.79. The van der Waals surface area contributed by atoms with E-state index in [4.69, 9.17) is 4.42 Å². The molecule has 1 aromatic heterocycles. The summed E-state index contributed by atoms with van der Waals surface area (Å²) in [5.41, 5.74) is 0.615. The molecule has 0 radical (unpaired) electrons. The van der Waals surface area contributed by atoms with E-state index in [2.05, 4.69) is 15.6 Å². The van der Waals surface area contributed by atoms with Crippen LogP contribution in [-0.4, -0.2) is 16.8 Å². The first kappa shape index (κ1) is 19.2. The van der Waals surface area contributed by atoms with Crippen LogP contribution >= 0.6 is 0 Å². The highest BCUT2D eigenvalue weighted by atomic mass is 19.1. The van der Waals surface area contributed by atoms with Crippen LogP contribution in [0.5, 0.6) is 0 Å². The molecule has 0 bridgehead atoms. The number of halogens is 2. The summed E-state index contributed by atoms with van der Waals surface area (Å²) in [6.07, 6.45) is 1.68. The summed E-state index contributed by atoms with van der Waals surface area (Å²) in [6, 6.07) is 10.0. The first-order chi connectivity index (χ1) is 13.4. The van der Waals surface area contributed by atoms with Gasteiger partial charge < -0.3 is 15.1 Å². The van der Waals surface area contributed by atoms with Crippen molar-refractivity contribution in [2.75, 3.05) is 10.6 Å². The van der Waals surface area contributed by atoms with Gasteiger partial charge in [0.15, 0.2) is 11.7 Å². The second-order valence-electron chi connectivity index (χ2n) is 6.02. The van der Waals surface area contributed by atoms with E-state index in [1.165, 1.54) is 31.3 Å². The Morgan fingerprint density at radius 3 is 2.61 bits per heavy atom. The van der Waals surface area contributed by atoms with Crippen molar-refractivity contribution in [3.8, 4) is 11.3 Å². The average molecular weight is 385 g/mol. The molecule has 0 aliphatic rings. The van der Waals surface area contributed by atoms with E-state index in [0.717, 1.165) is 6.07 Å². The van der Waals surface area contributed by atoms with Crippen LogP contribution in [0, 0.1) is 11.6 Å². The minimum Gasteiger partial charge on any atom is -0.441 e. The van der Waals surface area contributed by atoms with Crippen molar-refractivity contribution in [3.63, 3.8) is 0 Å². The zero-order chi connectivity index (χ0) is 20.1. The molecule has 0 aliphatic heterocycles. The number of oxazole rings is 1. The first-order valence-corrected chi connectivity index (χ1v) is 8.49. The Hall–Kier alpha value is -3.55. The molecule has 2 N–H and O–H groups in total. The van der Waals surface area contributed by atoms with Crippen LogP contribution in [-0.2, 0) is 16.0 Å². The van der Waals surface area contributed by atoms with Gasteiger partial charge >= 0.3 is 0 Å². The van der Waals surface area contributed by atoms with Gasteiger partial charge in [-0.05, 0) is 30.3 Å². The summed E-state index contributed by atoms with van der Waals surface area (Å²) in [6.45, 7) is 1.26. The topological polar surface area (TPSA) is 84.2 Å². The van der Waals surface area contributed by atoms with Crippen LogP contribution in [0.15, 0.2) is 53.1 Å². The zero-order valence-electron chi connectivity index (χ0n) is 15.0. The van der Waals surface area contributed by atoms with Gasteiger partial charge in [-0.1, -0.05) is 12.1 Å². The number of hydrogen-bond acceptors (Lipinski definition) is 4. The number of carbonyl (C=O) groups is 2. The van der Waals surface area contributed by atoms with Crippen LogP contribution in [0.1, 0.15) is 19.2 Å². The van der Waals surface area contributed by atoms with Crippen LogP contribution < -0.4 is 10.6 Å². The van der Waals surface area contributed by atoms with E-state index < -0.39 is 17.5 Å². The number of aromatic nitrogens is 1. The number of nitrogens with zero attached hydrogens (tertiary/aromatic N) is 1. The molecule has 3 aromatic rings.